The molecule has 0 radical (unpaired) electrons. The predicted molar refractivity (Wildman–Crippen MR) is 115 cm³/mol. The average Bonchev–Trinajstić information content (AvgIpc) is 3.23. The molecule has 9 heteroatoms. The summed E-state index contributed by atoms with van der Waals surface area (Å²) in [7, 11) is 0. The monoisotopic (exact) mass is 445 g/mol. The van der Waals surface area contributed by atoms with Gasteiger partial charge in [0.05, 0.1) is 16.4 Å². The number of carbonyl (C=O) groups excluding carboxylic acids is 1. The quantitative estimate of drug-likeness (QED) is 0.712. The van der Waals surface area contributed by atoms with Crippen LogP contribution in [-0.2, 0) is 11.2 Å². The third kappa shape index (κ3) is 4.04. The maximum absolute atomic E-state index is 13.1. The van der Waals surface area contributed by atoms with Crippen molar-refractivity contribution in [2.24, 2.45) is 5.92 Å². The van der Waals surface area contributed by atoms with Crippen LogP contribution >= 0.6 is 11.6 Å². The standard InChI is InChI=1S/C22H24ClN3O5/c1-22(2,3)31-21(30)26-7-6-16(23)19(26)17-8-18(27)13-5-4-12-10-25(20(28)29)11-15(12)14(13)9-24-17/h6-9,12,15H,4-5,10-11H2,1-3H3,(H,28,29)/t12?,15-/m0/s1. The highest BCUT2D eigenvalue weighted by molar-refractivity contribution is 6.33. The van der Waals surface area contributed by atoms with Crippen molar-refractivity contribution in [3.8, 4) is 11.4 Å². The second-order valence-electron chi connectivity index (χ2n) is 9.04. The van der Waals surface area contributed by atoms with E-state index in [4.69, 9.17) is 16.3 Å². The number of amides is 1. The van der Waals surface area contributed by atoms with Crippen molar-refractivity contribution in [3.63, 3.8) is 0 Å². The van der Waals surface area contributed by atoms with E-state index < -0.39 is 17.8 Å². The Bertz CT molecular complexity index is 1120. The summed E-state index contributed by atoms with van der Waals surface area (Å²) in [5.41, 5.74) is 1.10. The molecule has 1 aliphatic heterocycles. The van der Waals surface area contributed by atoms with E-state index in [2.05, 4.69) is 4.98 Å². The van der Waals surface area contributed by atoms with Crippen LogP contribution < -0.4 is 5.43 Å². The van der Waals surface area contributed by atoms with Gasteiger partial charge in [0.25, 0.3) is 0 Å². The minimum absolute atomic E-state index is 0.0617. The molecular weight excluding hydrogens is 422 g/mol. The molecule has 164 valence electrons. The van der Waals surface area contributed by atoms with Crippen LogP contribution in [-0.4, -0.2) is 50.4 Å². The number of hydrogen-bond acceptors (Lipinski definition) is 5. The Kier molecular flexibility index (Phi) is 5.29. The summed E-state index contributed by atoms with van der Waals surface area (Å²) in [5, 5.41) is 9.64. The topological polar surface area (TPSA) is 102 Å². The SMILES string of the molecule is CC(C)(C)OC(=O)n1ccc(Cl)c1-c1cc(=O)c2c(cn1)[C@H]1CN(C(=O)O)CC1CC2. The van der Waals surface area contributed by atoms with E-state index in [0.29, 0.717) is 25.1 Å². The van der Waals surface area contributed by atoms with Gasteiger partial charge in [-0.25, -0.2) is 14.2 Å². The molecule has 0 aromatic carbocycles. The lowest BCUT2D eigenvalue weighted by molar-refractivity contribution is 0.0540. The Morgan fingerprint density at radius 2 is 2.03 bits per heavy atom. The first kappa shape index (κ1) is 21.4. The van der Waals surface area contributed by atoms with Crippen molar-refractivity contribution in [2.75, 3.05) is 13.1 Å². The number of fused-ring (bicyclic) bond motifs is 3. The molecule has 2 aromatic rings. The minimum Gasteiger partial charge on any atom is -0.465 e. The van der Waals surface area contributed by atoms with Gasteiger partial charge in [-0.1, -0.05) is 11.6 Å². The first-order chi connectivity index (χ1) is 14.5. The summed E-state index contributed by atoms with van der Waals surface area (Å²) in [6, 6.07) is 2.95. The van der Waals surface area contributed by atoms with E-state index in [-0.39, 0.29) is 33.7 Å². The maximum atomic E-state index is 13.1. The van der Waals surface area contributed by atoms with Crippen LogP contribution in [0.4, 0.5) is 9.59 Å². The van der Waals surface area contributed by atoms with Gasteiger partial charge < -0.3 is 14.7 Å². The Labute approximate surface area is 184 Å². The van der Waals surface area contributed by atoms with Gasteiger partial charge in [0.1, 0.15) is 5.60 Å². The number of carboxylic acid groups (broad SMARTS) is 1. The fourth-order valence-electron chi connectivity index (χ4n) is 4.44. The fraction of sp³-hybridized carbons (Fsp3) is 0.455. The lowest BCUT2D eigenvalue weighted by Gasteiger charge is -2.24. The first-order valence-electron chi connectivity index (χ1n) is 10.2. The Balaban J connectivity index is 1.77. The van der Waals surface area contributed by atoms with Crippen LogP contribution in [0.1, 0.15) is 44.2 Å². The molecular formula is C22H24ClN3O5. The molecule has 0 saturated carbocycles. The lowest BCUT2D eigenvalue weighted by Crippen LogP contribution is -2.27. The zero-order valence-electron chi connectivity index (χ0n) is 17.6. The van der Waals surface area contributed by atoms with Gasteiger partial charge in [0.15, 0.2) is 5.43 Å². The van der Waals surface area contributed by atoms with Crippen LogP contribution in [0, 0.1) is 5.92 Å². The number of aromatic nitrogens is 2. The van der Waals surface area contributed by atoms with Crippen LogP contribution in [0.15, 0.2) is 29.3 Å². The van der Waals surface area contributed by atoms with Crippen molar-refractivity contribution in [1.82, 2.24) is 14.5 Å². The van der Waals surface area contributed by atoms with Gasteiger partial charge in [0, 0.05) is 43.0 Å². The largest absolute Gasteiger partial charge is 0.465 e. The normalized spacial score (nSPS) is 20.2. The number of nitrogens with zero attached hydrogens (tertiary/aromatic N) is 3. The molecule has 1 amide bonds. The highest BCUT2D eigenvalue weighted by atomic mass is 35.5. The fourth-order valence-corrected chi connectivity index (χ4v) is 4.69. The molecule has 2 aliphatic rings. The van der Waals surface area contributed by atoms with E-state index >= 15 is 0 Å². The van der Waals surface area contributed by atoms with Crippen LogP contribution in [0.2, 0.25) is 5.02 Å². The number of ether oxygens (including phenoxy) is 1. The summed E-state index contributed by atoms with van der Waals surface area (Å²) in [5.74, 6) is 0.110. The summed E-state index contributed by atoms with van der Waals surface area (Å²) >= 11 is 6.35. The zero-order chi connectivity index (χ0) is 22.5. The van der Waals surface area contributed by atoms with Gasteiger partial charge in [-0.3, -0.25) is 9.78 Å². The number of halogens is 1. The highest BCUT2D eigenvalue weighted by Gasteiger charge is 2.40. The molecule has 8 nitrogen and oxygen atoms in total. The van der Waals surface area contributed by atoms with Gasteiger partial charge in [-0.2, -0.15) is 0 Å². The Morgan fingerprint density at radius 3 is 2.71 bits per heavy atom. The molecule has 2 aromatic heterocycles. The van der Waals surface area contributed by atoms with Crippen molar-refractivity contribution in [2.45, 2.75) is 45.1 Å². The maximum Gasteiger partial charge on any atom is 0.419 e. The molecule has 0 bridgehead atoms. The van der Waals surface area contributed by atoms with E-state index in [1.165, 1.54) is 21.7 Å². The van der Waals surface area contributed by atoms with E-state index in [1.54, 1.807) is 33.0 Å². The van der Waals surface area contributed by atoms with Crippen LogP contribution in [0.5, 0.6) is 0 Å². The number of carbonyl (C=O) groups is 2. The molecule has 1 aliphatic carbocycles. The van der Waals surface area contributed by atoms with E-state index in [1.807, 2.05) is 0 Å². The van der Waals surface area contributed by atoms with Gasteiger partial charge in [-0.05, 0) is 51.2 Å². The van der Waals surface area contributed by atoms with Crippen LogP contribution in [0.3, 0.4) is 0 Å². The van der Waals surface area contributed by atoms with Gasteiger partial charge >= 0.3 is 12.2 Å². The lowest BCUT2D eigenvalue weighted by atomic mass is 9.78. The van der Waals surface area contributed by atoms with Crippen LogP contribution in [0.25, 0.3) is 11.4 Å². The smallest absolute Gasteiger partial charge is 0.419 e. The second-order valence-corrected chi connectivity index (χ2v) is 9.45. The Morgan fingerprint density at radius 1 is 1.29 bits per heavy atom. The zero-order valence-corrected chi connectivity index (χ0v) is 18.3. The molecule has 2 atom stereocenters. The minimum atomic E-state index is -0.950. The second kappa shape index (κ2) is 7.67. The molecule has 1 fully saturated rings. The predicted octanol–water partition coefficient (Wildman–Crippen LogP) is 3.99. The van der Waals surface area contributed by atoms with Gasteiger partial charge in [-0.15, -0.1) is 0 Å². The van der Waals surface area contributed by atoms with Gasteiger partial charge in [0.2, 0.25) is 0 Å². The molecule has 31 heavy (non-hydrogen) atoms. The summed E-state index contributed by atoms with van der Waals surface area (Å²) in [6.07, 6.45) is 2.88. The van der Waals surface area contributed by atoms with Crippen molar-refractivity contribution in [1.29, 1.82) is 0 Å². The Hall–Kier alpha value is -2.87. The third-order valence-electron chi connectivity index (χ3n) is 5.80. The van der Waals surface area contributed by atoms with Crippen molar-refractivity contribution >= 4 is 23.8 Å². The average molecular weight is 446 g/mol. The molecule has 4 rings (SSSR count). The van der Waals surface area contributed by atoms with E-state index in [0.717, 1.165) is 12.0 Å². The number of rotatable bonds is 1. The van der Waals surface area contributed by atoms with Crippen molar-refractivity contribution < 1.29 is 19.4 Å². The molecule has 0 spiro atoms. The number of likely N-dealkylation sites (tertiary alicyclic amines) is 1. The molecule has 1 N–H and O–H groups in total. The molecule has 1 unspecified atom stereocenters. The number of hydrogen-bond donors (Lipinski definition) is 1. The molecule has 1 saturated heterocycles. The first-order valence-corrected chi connectivity index (χ1v) is 10.5. The summed E-state index contributed by atoms with van der Waals surface area (Å²) in [6.45, 7) is 6.10. The molecule has 3 heterocycles. The third-order valence-corrected chi connectivity index (χ3v) is 6.11. The summed E-state index contributed by atoms with van der Waals surface area (Å²) in [4.78, 5) is 43.0. The highest BCUT2D eigenvalue weighted by Crippen LogP contribution is 2.40. The van der Waals surface area contributed by atoms with Crippen molar-refractivity contribution in [3.05, 3.63) is 50.9 Å². The van der Waals surface area contributed by atoms with E-state index in [9.17, 15) is 19.5 Å². The summed E-state index contributed by atoms with van der Waals surface area (Å²) < 4.78 is 6.69.